The van der Waals surface area contributed by atoms with E-state index in [2.05, 4.69) is 25.9 Å². The van der Waals surface area contributed by atoms with Gasteiger partial charge in [0.15, 0.2) is 5.65 Å². The van der Waals surface area contributed by atoms with Gasteiger partial charge >= 0.3 is 0 Å². The summed E-state index contributed by atoms with van der Waals surface area (Å²) >= 11 is 0. The first-order valence-electron chi connectivity index (χ1n) is 8.49. The summed E-state index contributed by atoms with van der Waals surface area (Å²) in [5.41, 5.74) is 1.59. The first-order valence-corrected chi connectivity index (χ1v) is 8.49. The minimum atomic E-state index is -0.509. The predicted octanol–water partition coefficient (Wildman–Crippen LogP) is 1.49. The molecule has 1 aliphatic rings. The number of nitrogens with one attached hydrogen (secondary N) is 3. The van der Waals surface area contributed by atoms with Crippen LogP contribution in [0.4, 0.5) is 5.82 Å². The molecular weight excluding hydrogens is 308 g/mol. The van der Waals surface area contributed by atoms with Gasteiger partial charge in [-0.1, -0.05) is 19.8 Å². The lowest BCUT2D eigenvalue weighted by Crippen LogP contribution is -2.47. The van der Waals surface area contributed by atoms with Crippen LogP contribution in [0.1, 0.15) is 45.2 Å². The Morgan fingerprint density at radius 1 is 1.38 bits per heavy atom. The maximum atomic E-state index is 12.8. The Balaban J connectivity index is 1.85. The second-order valence-electron chi connectivity index (χ2n) is 6.43. The number of anilines is 1. The van der Waals surface area contributed by atoms with Gasteiger partial charge in [0.25, 0.3) is 0 Å². The number of aryl methyl sites for hydroxylation is 2. The van der Waals surface area contributed by atoms with Gasteiger partial charge in [0.2, 0.25) is 11.8 Å². The third kappa shape index (κ3) is 3.00. The monoisotopic (exact) mass is 332 g/mol. The molecule has 24 heavy (non-hydrogen) atoms. The van der Waals surface area contributed by atoms with Crippen molar-refractivity contribution in [1.29, 1.82) is 0 Å². The molecule has 3 rings (SSSR count). The number of nitrogens with zero attached hydrogens (tertiary/aromatic N) is 3. The number of H-pyrrole nitrogens is 1. The molecule has 2 aromatic rings. The molecule has 8 nitrogen and oxygen atoms in total. The molecule has 3 N–H and O–H groups in total. The van der Waals surface area contributed by atoms with Gasteiger partial charge in [-0.05, 0) is 25.2 Å². The van der Waals surface area contributed by atoms with Crippen molar-refractivity contribution >= 4 is 28.7 Å². The van der Waals surface area contributed by atoms with E-state index in [1.165, 1.54) is 6.92 Å². The number of carbonyl (C=O) groups excluding carboxylic acids is 2. The van der Waals surface area contributed by atoms with E-state index in [4.69, 9.17) is 0 Å². The van der Waals surface area contributed by atoms with E-state index in [0.717, 1.165) is 43.2 Å². The van der Waals surface area contributed by atoms with Gasteiger partial charge in [-0.2, -0.15) is 10.2 Å². The van der Waals surface area contributed by atoms with Crippen molar-refractivity contribution in [3.63, 3.8) is 0 Å². The number of aromatic nitrogens is 4. The second kappa shape index (κ2) is 6.62. The highest BCUT2D eigenvalue weighted by Gasteiger charge is 2.32. The Labute approximate surface area is 140 Å². The summed E-state index contributed by atoms with van der Waals surface area (Å²) in [4.78, 5) is 24.3. The van der Waals surface area contributed by atoms with Crippen molar-refractivity contribution in [3.05, 3.63) is 5.69 Å². The number of hydrogen-bond donors (Lipinski definition) is 3. The first-order chi connectivity index (χ1) is 11.5. The van der Waals surface area contributed by atoms with E-state index in [1.807, 2.05) is 14.0 Å². The molecule has 0 radical (unpaired) electrons. The number of aromatic amines is 1. The van der Waals surface area contributed by atoms with E-state index in [9.17, 15) is 9.59 Å². The Hall–Kier alpha value is -2.38. The molecule has 2 aromatic heterocycles. The molecular formula is C16H24N6O2. The van der Waals surface area contributed by atoms with Crippen molar-refractivity contribution in [3.8, 4) is 0 Å². The lowest BCUT2D eigenvalue weighted by molar-refractivity contribution is -0.126. The molecule has 1 fully saturated rings. The summed E-state index contributed by atoms with van der Waals surface area (Å²) in [7, 11) is 1.83. The van der Waals surface area contributed by atoms with Gasteiger partial charge < -0.3 is 10.6 Å². The van der Waals surface area contributed by atoms with Crippen molar-refractivity contribution < 1.29 is 9.59 Å². The van der Waals surface area contributed by atoms with E-state index in [-0.39, 0.29) is 17.7 Å². The van der Waals surface area contributed by atoms with Gasteiger partial charge in [-0.15, -0.1) is 0 Å². The molecule has 0 aliphatic heterocycles. The fourth-order valence-electron chi connectivity index (χ4n) is 3.56. The average molecular weight is 332 g/mol. The maximum absolute atomic E-state index is 12.8. The fourth-order valence-corrected chi connectivity index (χ4v) is 3.56. The van der Waals surface area contributed by atoms with Crippen LogP contribution in [0.25, 0.3) is 11.0 Å². The maximum Gasteiger partial charge on any atom is 0.248 e. The number of carbonyl (C=O) groups is 2. The highest BCUT2D eigenvalue weighted by atomic mass is 16.2. The molecule has 0 spiro atoms. The van der Waals surface area contributed by atoms with Crippen LogP contribution in [0.5, 0.6) is 0 Å². The minimum Gasteiger partial charge on any atom is -0.344 e. The van der Waals surface area contributed by atoms with E-state index < -0.39 is 6.04 Å². The lowest BCUT2D eigenvalue weighted by atomic mass is 9.97. The smallest absolute Gasteiger partial charge is 0.248 e. The van der Waals surface area contributed by atoms with Crippen molar-refractivity contribution in [2.24, 2.45) is 13.0 Å². The molecule has 0 saturated heterocycles. The number of hydrogen-bond acceptors (Lipinski definition) is 4. The molecule has 2 heterocycles. The third-order valence-electron chi connectivity index (χ3n) is 4.71. The number of fused-ring (bicyclic) bond motifs is 1. The van der Waals surface area contributed by atoms with E-state index in [1.54, 1.807) is 4.68 Å². The zero-order chi connectivity index (χ0) is 17.3. The van der Waals surface area contributed by atoms with Crippen LogP contribution in [-0.4, -0.2) is 37.8 Å². The van der Waals surface area contributed by atoms with E-state index in [0.29, 0.717) is 11.5 Å². The summed E-state index contributed by atoms with van der Waals surface area (Å²) in [6, 6.07) is -0.509. The van der Waals surface area contributed by atoms with Crippen LogP contribution in [-0.2, 0) is 23.1 Å². The van der Waals surface area contributed by atoms with Gasteiger partial charge in [-0.3, -0.25) is 14.7 Å². The zero-order valence-electron chi connectivity index (χ0n) is 14.3. The molecule has 0 bridgehead atoms. The van der Waals surface area contributed by atoms with Crippen molar-refractivity contribution in [1.82, 2.24) is 25.3 Å². The van der Waals surface area contributed by atoms with Crippen LogP contribution in [0, 0.1) is 5.92 Å². The zero-order valence-corrected chi connectivity index (χ0v) is 14.3. The van der Waals surface area contributed by atoms with Crippen LogP contribution >= 0.6 is 0 Å². The average Bonchev–Trinajstić information content (AvgIpc) is 3.24. The Kier molecular flexibility index (Phi) is 4.55. The highest BCUT2D eigenvalue weighted by Crippen LogP contribution is 2.29. The first kappa shape index (κ1) is 16.5. The SMILES string of the molecule is CCc1nn(C)c2n[nH]c(NC(=O)[C@@H](NC(C)=O)C3CCCC3)c12. The molecule has 1 atom stereocenters. The van der Waals surface area contributed by atoms with E-state index >= 15 is 0 Å². The fraction of sp³-hybridized carbons (Fsp3) is 0.625. The molecule has 2 amide bonds. The molecule has 1 aliphatic carbocycles. The Morgan fingerprint density at radius 2 is 2.08 bits per heavy atom. The predicted molar refractivity (Wildman–Crippen MR) is 90.4 cm³/mol. The summed E-state index contributed by atoms with van der Waals surface area (Å²) in [6.45, 7) is 3.46. The molecule has 8 heteroatoms. The Bertz CT molecular complexity index is 756. The summed E-state index contributed by atoms with van der Waals surface area (Å²) in [5.74, 6) is 0.348. The molecule has 1 saturated carbocycles. The van der Waals surface area contributed by atoms with Crippen LogP contribution in [0.15, 0.2) is 0 Å². The van der Waals surface area contributed by atoms with Crippen molar-refractivity contribution in [2.45, 2.75) is 52.0 Å². The molecule has 0 unspecified atom stereocenters. The normalized spacial score (nSPS) is 16.5. The standard InChI is InChI=1S/C16H24N6O2/c1-4-11-12-14(19-20-15(12)22(3)21-11)18-16(24)13(17-9(2)23)10-7-5-6-8-10/h10,13H,4-8H2,1-3H3,(H,17,23)(H2,18,19,20,24)/t13-/m0/s1. The van der Waals surface area contributed by atoms with Gasteiger partial charge in [0.1, 0.15) is 11.9 Å². The molecule has 0 aromatic carbocycles. The second-order valence-corrected chi connectivity index (χ2v) is 6.43. The quantitative estimate of drug-likeness (QED) is 0.771. The lowest BCUT2D eigenvalue weighted by Gasteiger charge is -2.22. The largest absolute Gasteiger partial charge is 0.344 e. The van der Waals surface area contributed by atoms with Gasteiger partial charge in [-0.25, -0.2) is 4.68 Å². The minimum absolute atomic E-state index is 0.187. The molecule has 130 valence electrons. The number of amides is 2. The van der Waals surface area contributed by atoms with Gasteiger partial charge in [0.05, 0.1) is 11.1 Å². The van der Waals surface area contributed by atoms with Crippen LogP contribution in [0.3, 0.4) is 0 Å². The summed E-state index contributed by atoms with van der Waals surface area (Å²) in [6.07, 6.45) is 4.88. The van der Waals surface area contributed by atoms with Crippen molar-refractivity contribution in [2.75, 3.05) is 5.32 Å². The van der Waals surface area contributed by atoms with Gasteiger partial charge in [0, 0.05) is 14.0 Å². The van der Waals surface area contributed by atoms with Crippen LogP contribution in [0.2, 0.25) is 0 Å². The third-order valence-corrected chi connectivity index (χ3v) is 4.71. The topological polar surface area (TPSA) is 105 Å². The summed E-state index contributed by atoms with van der Waals surface area (Å²) < 4.78 is 1.70. The summed E-state index contributed by atoms with van der Waals surface area (Å²) in [5, 5.41) is 18.1. The Morgan fingerprint density at radius 3 is 2.71 bits per heavy atom. The van der Waals surface area contributed by atoms with Crippen LogP contribution < -0.4 is 10.6 Å². The highest BCUT2D eigenvalue weighted by molar-refractivity contribution is 6.03. The number of rotatable bonds is 5.